The minimum atomic E-state index is -1.18. The zero-order chi connectivity index (χ0) is 15.1. The first-order chi connectivity index (χ1) is 9.43. The fourth-order valence-corrected chi connectivity index (χ4v) is 1.58. The quantitative estimate of drug-likeness (QED) is 0.819. The first-order valence-corrected chi connectivity index (χ1v) is 5.92. The van der Waals surface area contributed by atoms with Crippen molar-refractivity contribution >= 4 is 12.0 Å². The molecule has 0 aromatic heterocycles. The average Bonchev–Trinajstić information content (AvgIpc) is 2.37. The molecule has 1 aromatic carbocycles. The fraction of sp³-hybridized carbons (Fsp3) is 0.385. The Kier molecular flexibility index (Phi) is 5.92. The molecule has 0 saturated carbocycles. The van der Waals surface area contributed by atoms with E-state index in [2.05, 4.69) is 5.32 Å². The van der Waals surface area contributed by atoms with E-state index in [0.717, 1.165) is 0 Å². The van der Waals surface area contributed by atoms with Gasteiger partial charge in [-0.15, -0.1) is 0 Å². The minimum absolute atomic E-state index is 0.130. The Bertz CT molecular complexity index is 481. The third-order valence-electron chi connectivity index (χ3n) is 2.58. The molecule has 0 radical (unpaired) electrons. The molecule has 0 bridgehead atoms. The number of carbonyl (C=O) groups is 2. The van der Waals surface area contributed by atoms with E-state index in [1.807, 2.05) is 0 Å². The van der Waals surface area contributed by atoms with Gasteiger partial charge in [0.15, 0.2) is 6.04 Å². The summed E-state index contributed by atoms with van der Waals surface area (Å²) in [4.78, 5) is 24.0. The number of methoxy groups -OCH3 is 1. The predicted molar refractivity (Wildman–Crippen MR) is 69.7 cm³/mol. The van der Waals surface area contributed by atoms with Crippen molar-refractivity contribution < 1.29 is 23.8 Å². The average molecular weight is 284 g/mol. The molecule has 6 nitrogen and oxygen atoms in total. The van der Waals surface area contributed by atoms with Gasteiger partial charge in [0.05, 0.1) is 6.61 Å². The summed E-state index contributed by atoms with van der Waals surface area (Å²) in [6, 6.07) is 4.15. The standard InChI is InChI=1S/C13H17FN2O4/c1-16(7-9-4-3-5-10(14)6-9)13(19)15-11(8-20-2)12(17)18/h3-6,11H,7-8H2,1-2H3,(H,15,19)(H,17,18). The van der Waals surface area contributed by atoms with Crippen LogP contribution >= 0.6 is 0 Å². The first-order valence-electron chi connectivity index (χ1n) is 5.92. The maximum Gasteiger partial charge on any atom is 0.328 e. The normalized spacial score (nSPS) is 11.8. The molecule has 1 unspecified atom stereocenters. The van der Waals surface area contributed by atoms with Gasteiger partial charge in [-0.2, -0.15) is 0 Å². The van der Waals surface area contributed by atoms with Crippen molar-refractivity contribution in [2.24, 2.45) is 0 Å². The molecule has 110 valence electrons. The SMILES string of the molecule is COCC(NC(=O)N(C)Cc1cccc(F)c1)C(=O)O. The van der Waals surface area contributed by atoms with Crippen molar-refractivity contribution in [1.29, 1.82) is 0 Å². The van der Waals surface area contributed by atoms with Crippen LogP contribution in [0.2, 0.25) is 0 Å². The second-order valence-electron chi connectivity index (χ2n) is 4.28. The molecule has 0 saturated heterocycles. The van der Waals surface area contributed by atoms with Crippen molar-refractivity contribution in [3.8, 4) is 0 Å². The summed E-state index contributed by atoms with van der Waals surface area (Å²) in [5.74, 6) is -1.57. The van der Waals surface area contributed by atoms with E-state index in [0.29, 0.717) is 5.56 Å². The number of aliphatic carboxylic acids is 1. The Morgan fingerprint density at radius 2 is 2.20 bits per heavy atom. The van der Waals surface area contributed by atoms with Crippen molar-refractivity contribution in [3.05, 3.63) is 35.6 Å². The van der Waals surface area contributed by atoms with E-state index >= 15 is 0 Å². The van der Waals surface area contributed by atoms with Crippen LogP contribution in [0.3, 0.4) is 0 Å². The van der Waals surface area contributed by atoms with Crippen LogP contribution in [-0.2, 0) is 16.1 Å². The molecular formula is C13H17FN2O4. The highest BCUT2D eigenvalue weighted by Gasteiger charge is 2.21. The molecule has 20 heavy (non-hydrogen) atoms. The molecule has 2 amide bonds. The van der Waals surface area contributed by atoms with Gasteiger partial charge < -0.3 is 20.1 Å². The number of urea groups is 1. The van der Waals surface area contributed by atoms with Crippen molar-refractivity contribution in [2.75, 3.05) is 20.8 Å². The Labute approximate surface area is 116 Å². The number of nitrogens with one attached hydrogen (secondary N) is 1. The van der Waals surface area contributed by atoms with Gasteiger partial charge in [0.1, 0.15) is 5.82 Å². The molecule has 1 atom stereocenters. The Balaban J connectivity index is 2.60. The molecule has 0 aliphatic rings. The number of rotatable bonds is 6. The summed E-state index contributed by atoms with van der Waals surface area (Å²) in [5.41, 5.74) is 0.612. The van der Waals surface area contributed by atoms with Gasteiger partial charge >= 0.3 is 12.0 Å². The molecule has 0 heterocycles. The summed E-state index contributed by atoms with van der Waals surface area (Å²) in [6.45, 7) is 0.0395. The number of carboxylic acid groups (broad SMARTS) is 1. The fourth-order valence-electron chi connectivity index (χ4n) is 1.58. The van der Waals surface area contributed by atoms with Crippen LogP contribution in [-0.4, -0.2) is 48.8 Å². The van der Waals surface area contributed by atoms with Crippen molar-refractivity contribution in [3.63, 3.8) is 0 Å². The number of nitrogens with zero attached hydrogens (tertiary/aromatic N) is 1. The highest BCUT2D eigenvalue weighted by molar-refractivity contribution is 5.82. The lowest BCUT2D eigenvalue weighted by molar-refractivity contribution is -0.140. The topological polar surface area (TPSA) is 78.9 Å². The van der Waals surface area contributed by atoms with Crippen molar-refractivity contribution in [2.45, 2.75) is 12.6 Å². The summed E-state index contributed by atoms with van der Waals surface area (Å²) < 4.78 is 17.7. The highest BCUT2D eigenvalue weighted by Crippen LogP contribution is 2.06. The highest BCUT2D eigenvalue weighted by atomic mass is 19.1. The van der Waals surface area contributed by atoms with E-state index in [1.165, 1.54) is 31.2 Å². The molecule has 0 fully saturated rings. The zero-order valence-corrected chi connectivity index (χ0v) is 11.3. The first kappa shape index (κ1) is 15.9. The smallest absolute Gasteiger partial charge is 0.328 e. The number of carbonyl (C=O) groups excluding carboxylic acids is 1. The zero-order valence-electron chi connectivity index (χ0n) is 11.3. The van der Waals surface area contributed by atoms with Gasteiger partial charge in [-0.1, -0.05) is 12.1 Å². The molecule has 1 aromatic rings. The summed E-state index contributed by atoms with van der Waals surface area (Å²) in [7, 11) is 2.84. The largest absolute Gasteiger partial charge is 0.480 e. The van der Waals surface area contributed by atoms with Crippen LogP contribution in [0.1, 0.15) is 5.56 Å². The monoisotopic (exact) mass is 284 g/mol. The Morgan fingerprint density at radius 1 is 1.50 bits per heavy atom. The van der Waals surface area contributed by atoms with Crippen LogP contribution in [0, 0.1) is 5.82 Å². The maximum atomic E-state index is 13.0. The molecule has 0 spiro atoms. The molecule has 1 rings (SSSR count). The van der Waals surface area contributed by atoms with E-state index in [4.69, 9.17) is 9.84 Å². The number of benzene rings is 1. The van der Waals surface area contributed by atoms with Gasteiger partial charge in [0, 0.05) is 20.7 Å². The second-order valence-corrected chi connectivity index (χ2v) is 4.28. The van der Waals surface area contributed by atoms with Crippen LogP contribution in [0.5, 0.6) is 0 Å². The van der Waals surface area contributed by atoms with Gasteiger partial charge in [-0.3, -0.25) is 0 Å². The maximum absolute atomic E-state index is 13.0. The van der Waals surface area contributed by atoms with Gasteiger partial charge in [0.25, 0.3) is 0 Å². The Morgan fingerprint density at radius 3 is 2.75 bits per heavy atom. The van der Waals surface area contributed by atoms with Crippen LogP contribution in [0.4, 0.5) is 9.18 Å². The second kappa shape index (κ2) is 7.44. The number of amides is 2. The van der Waals surface area contributed by atoms with Crippen LogP contribution < -0.4 is 5.32 Å². The summed E-state index contributed by atoms with van der Waals surface area (Å²) in [6.07, 6.45) is 0. The van der Waals surface area contributed by atoms with Gasteiger partial charge in [-0.25, -0.2) is 14.0 Å². The number of carboxylic acids is 1. The van der Waals surface area contributed by atoms with Crippen molar-refractivity contribution in [1.82, 2.24) is 10.2 Å². The lowest BCUT2D eigenvalue weighted by atomic mass is 10.2. The molecule has 0 aliphatic heterocycles. The third-order valence-corrected chi connectivity index (χ3v) is 2.58. The van der Waals surface area contributed by atoms with E-state index in [9.17, 15) is 14.0 Å². The predicted octanol–water partition coefficient (Wildman–Crippen LogP) is 1.07. The minimum Gasteiger partial charge on any atom is -0.480 e. The van der Waals surface area contributed by atoms with Crippen LogP contribution in [0.25, 0.3) is 0 Å². The molecule has 7 heteroatoms. The Hall–Kier alpha value is -2.15. The lowest BCUT2D eigenvalue weighted by Crippen LogP contribution is -2.48. The molecule has 0 aliphatic carbocycles. The lowest BCUT2D eigenvalue weighted by Gasteiger charge is -2.21. The number of hydrogen-bond donors (Lipinski definition) is 2. The molecule has 2 N–H and O–H groups in total. The van der Waals surface area contributed by atoms with Gasteiger partial charge in [0.2, 0.25) is 0 Å². The summed E-state index contributed by atoms with van der Waals surface area (Å²) >= 11 is 0. The van der Waals surface area contributed by atoms with E-state index in [-0.39, 0.29) is 19.0 Å². The van der Waals surface area contributed by atoms with E-state index < -0.39 is 18.0 Å². The number of ether oxygens (including phenoxy) is 1. The van der Waals surface area contributed by atoms with E-state index in [1.54, 1.807) is 12.1 Å². The number of halogens is 1. The third kappa shape index (κ3) is 4.85. The molecular weight excluding hydrogens is 267 g/mol. The van der Waals surface area contributed by atoms with Crippen LogP contribution in [0.15, 0.2) is 24.3 Å². The van der Waals surface area contributed by atoms with Gasteiger partial charge in [-0.05, 0) is 17.7 Å². The summed E-state index contributed by atoms with van der Waals surface area (Å²) in [5, 5.41) is 11.2. The number of hydrogen-bond acceptors (Lipinski definition) is 3.